The third kappa shape index (κ3) is 3.50. The van der Waals surface area contributed by atoms with Crippen LogP contribution in [0.2, 0.25) is 0 Å². The zero-order chi connectivity index (χ0) is 17.3. The fraction of sp³-hybridized carbons (Fsp3) is 0.737. The van der Waals surface area contributed by atoms with E-state index < -0.39 is 0 Å². The predicted molar refractivity (Wildman–Crippen MR) is 102 cm³/mol. The molecule has 6 heteroatoms. The number of imidazole rings is 1. The summed E-state index contributed by atoms with van der Waals surface area (Å²) in [7, 11) is 0. The lowest BCUT2D eigenvalue weighted by molar-refractivity contribution is -0.0369. The lowest BCUT2D eigenvalue weighted by Crippen LogP contribution is -2.59. The lowest BCUT2D eigenvalue weighted by Gasteiger charge is -2.48. The number of fused-ring (bicyclic) bond motifs is 1. The van der Waals surface area contributed by atoms with Gasteiger partial charge in [-0.1, -0.05) is 19.3 Å². The van der Waals surface area contributed by atoms with Crippen molar-refractivity contribution in [1.29, 1.82) is 0 Å². The summed E-state index contributed by atoms with van der Waals surface area (Å²) in [4.78, 5) is 9.86. The molecule has 3 heterocycles. The number of thiazole rings is 1. The molecule has 5 nitrogen and oxygen atoms in total. The molecule has 0 unspecified atom stereocenters. The Hall–Kier alpha value is -0.950. The Morgan fingerprint density at radius 1 is 1.20 bits per heavy atom. The van der Waals surface area contributed by atoms with Gasteiger partial charge in [0.1, 0.15) is 0 Å². The summed E-state index contributed by atoms with van der Waals surface area (Å²) in [5.74, 6) is 0. The van der Waals surface area contributed by atoms with E-state index in [-0.39, 0.29) is 0 Å². The van der Waals surface area contributed by atoms with Crippen molar-refractivity contribution in [2.24, 2.45) is 0 Å². The first-order valence-corrected chi connectivity index (χ1v) is 10.5. The smallest absolute Gasteiger partial charge is 0.194 e. The van der Waals surface area contributed by atoms with Crippen molar-refractivity contribution in [1.82, 2.24) is 19.6 Å². The van der Waals surface area contributed by atoms with E-state index in [9.17, 15) is 0 Å². The third-order valence-corrected chi connectivity index (χ3v) is 6.85. The van der Waals surface area contributed by atoms with E-state index >= 15 is 0 Å². The Kier molecular flexibility index (Phi) is 5.13. The van der Waals surface area contributed by atoms with Crippen LogP contribution in [0.4, 0.5) is 0 Å². The quantitative estimate of drug-likeness (QED) is 0.887. The van der Waals surface area contributed by atoms with Gasteiger partial charge in [0.25, 0.3) is 0 Å². The van der Waals surface area contributed by atoms with Crippen LogP contribution in [0.15, 0.2) is 6.20 Å². The highest BCUT2D eigenvalue weighted by atomic mass is 32.1. The minimum Gasteiger partial charge on any atom is -0.379 e. The first kappa shape index (κ1) is 17.5. The first-order chi connectivity index (χ1) is 12.2. The Morgan fingerprint density at radius 3 is 2.72 bits per heavy atom. The largest absolute Gasteiger partial charge is 0.379 e. The van der Waals surface area contributed by atoms with Gasteiger partial charge in [0, 0.05) is 42.8 Å². The number of rotatable bonds is 5. The number of ether oxygens (including phenoxy) is 1. The molecule has 4 rings (SSSR count). The van der Waals surface area contributed by atoms with Crippen LogP contribution in [0.5, 0.6) is 0 Å². The second kappa shape index (κ2) is 7.35. The molecule has 138 valence electrons. The fourth-order valence-electron chi connectivity index (χ4n) is 4.59. The Bertz CT molecular complexity index is 710. The maximum atomic E-state index is 5.59. The van der Waals surface area contributed by atoms with E-state index in [2.05, 4.69) is 34.7 Å². The SMILES string of the molecule is Cc1cn2c(CNCC3(N4CCOCC4)CCCCC3)c(C)nc2s1. The highest BCUT2D eigenvalue weighted by Gasteiger charge is 2.38. The first-order valence-electron chi connectivity index (χ1n) is 9.65. The minimum atomic E-state index is 0.324. The van der Waals surface area contributed by atoms with Crippen LogP contribution in [0.1, 0.15) is 48.4 Å². The summed E-state index contributed by atoms with van der Waals surface area (Å²) < 4.78 is 7.86. The van der Waals surface area contributed by atoms with E-state index in [0.29, 0.717) is 5.54 Å². The van der Waals surface area contributed by atoms with Gasteiger partial charge in [-0.3, -0.25) is 9.30 Å². The molecular weight excluding hydrogens is 332 g/mol. The van der Waals surface area contributed by atoms with Gasteiger partial charge in [-0.05, 0) is 26.7 Å². The topological polar surface area (TPSA) is 41.8 Å². The van der Waals surface area contributed by atoms with Gasteiger partial charge in [0.15, 0.2) is 4.96 Å². The monoisotopic (exact) mass is 362 g/mol. The maximum Gasteiger partial charge on any atom is 0.194 e. The highest BCUT2D eigenvalue weighted by molar-refractivity contribution is 7.17. The van der Waals surface area contributed by atoms with E-state index in [1.807, 2.05) is 0 Å². The van der Waals surface area contributed by atoms with E-state index in [1.54, 1.807) is 11.3 Å². The molecule has 1 aliphatic carbocycles. The van der Waals surface area contributed by atoms with Crippen LogP contribution in [-0.2, 0) is 11.3 Å². The average molecular weight is 363 g/mol. The molecule has 2 aromatic rings. The molecule has 0 spiro atoms. The van der Waals surface area contributed by atoms with Crippen molar-refractivity contribution < 1.29 is 4.74 Å². The van der Waals surface area contributed by atoms with Crippen LogP contribution in [0, 0.1) is 13.8 Å². The molecule has 25 heavy (non-hydrogen) atoms. The molecule has 1 N–H and O–H groups in total. The van der Waals surface area contributed by atoms with Crippen LogP contribution in [0.3, 0.4) is 0 Å². The normalized spacial score (nSPS) is 21.8. The summed E-state index contributed by atoms with van der Waals surface area (Å²) in [6.45, 7) is 10.2. The molecule has 2 aromatic heterocycles. The lowest BCUT2D eigenvalue weighted by atomic mass is 9.79. The van der Waals surface area contributed by atoms with Crippen molar-refractivity contribution in [2.75, 3.05) is 32.8 Å². The summed E-state index contributed by atoms with van der Waals surface area (Å²) in [5.41, 5.74) is 2.79. The van der Waals surface area contributed by atoms with E-state index in [0.717, 1.165) is 50.0 Å². The zero-order valence-corrected chi connectivity index (χ0v) is 16.3. The van der Waals surface area contributed by atoms with Crippen LogP contribution < -0.4 is 5.32 Å². The molecule has 1 saturated carbocycles. The van der Waals surface area contributed by atoms with Gasteiger partial charge in [-0.15, -0.1) is 11.3 Å². The molecule has 0 aromatic carbocycles. The Morgan fingerprint density at radius 2 is 1.96 bits per heavy atom. The number of morpholine rings is 1. The maximum absolute atomic E-state index is 5.59. The predicted octanol–water partition coefficient (Wildman–Crippen LogP) is 3.14. The minimum absolute atomic E-state index is 0.324. The fourth-order valence-corrected chi connectivity index (χ4v) is 5.48. The summed E-state index contributed by atoms with van der Waals surface area (Å²) in [6.07, 6.45) is 8.96. The molecule has 2 aliphatic rings. The third-order valence-electron chi connectivity index (χ3n) is 5.95. The Balaban J connectivity index is 1.46. The number of aryl methyl sites for hydroxylation is 2. The molecule has 0 radical (unpaired) electrons. The molecule has 2 fully saturated rings. The number of hydrogen-bond acceptors (Lipinski definition) is 5. The molecule has 0 bridgehead atoms. The van der Waals surface area contributed by atoms with Gasteiger partial charge >= 0.3 is 0 Å². The van der Waals surface area contributed by atoms with Gasteiger partial charge in [-0.2, -0.15) is 0 Å². The standard InChI is InChI=1S/C19H30N4OS/c1-15-13-23-17(16(2)21-18(23)25-15)12-20-14-19(6-4-3-5-7-19)22-8-10-24-11-9-22/h13,20H,3-12,14H2,1-2H3. The molecule has 1 aliphatic heterocycles. The van der Waals surface area contributed by atoms with E-state index in [4.69, 9.17) is 9.72 Å². The van der Waals surface area contributed by atoms with Crippen LogP contribution >= 0.6 is 11.3 Å². The van der Waals surface area contributed by atoms with Gasteiger partial charge in [0.05, 0.1) is 24.6 Å². The summed E-state index contributed by atoms with van der Waals surface area (Å²) >= 11 is 1.77. The van der Waals surface area contributed by atoms with Crippen molar-refractivity contribution in [2.45, 2.75) is 58.0 Å². The van der Waals surface area contributed by atoms with Crippen LogP contribution in [-0.4, -0.2) is 52.7 Å². The zero-order valence-electron chi connectivity index (χ0n) is 15.5. The molecular formula is C19H30N4OS. The van der Waals surface area contributed by atoms with Gasteiger partial charge in [-0.25, -0.2) is 4.98 Å². The number of hydrogen-bond donors (Lipinski definition) is 1. The second-order valence-electron chi connectivity index (χ2n) is 7.63. The van der Waals surface area contributed by atoms with Gasteiger partial charge < -0.3 is 10.1 Å². The second-order valence-corrected chi connectivity index (χ2v) is 8.84. The molecule has 1 saturated heterocycles. The van der Waals surface area contributed by atoms with E-state index in [1.165, 1.54) is 42.7 Å². The number of nitrogens with one attached hydrogen (secondary N) is 1. The highest BCUT2D eigenvalue weighted by Crippen LogP contribution is 2.34. The number of nitrogens with zero attached hydrogens (tertiary/aromatic N) is 3. The van der Waals surface area contributed by atoms with Crippen LogP contribution in [0.25, 0.3) is 4.96 Å². The van der Waals surface area contributed by atoms with Crippen molar-refractivity contribution in [3.63, 3.8) is 0 Å². The Labute approximate surface area is 154 Å². The van der Waals surface area contributed by atoms with Crippen molar-refractivity contribution in [3.8, 4) is 0 Å². The summed E-state index contributed by atoms with van der Waals surface area (Å²) in [5, 5.41) is 3.80. The van der Waals surface area contributed by atoms with Crippen molar-refractivity contribution in [3.05, 3.63) is 22.5 Å². The molecule has 0 atom stereocenters. The average Bonchev–Trinajstić information content (AvgIpc) is 3.12. The summed E-state index contributed by atoms with van der Waals surface area (Å²) in [6, 6.07) is 0. The van der Waals surface area contributed by atoms with Gasteiger partial charge in [0.2, 0.25) is 0 Å². The van der Waals surface area contributed by atoms with Crippen molar-refractivity contribution >= 4 is 16.3 Å². The molecule has 0 amide bonds. The number of aromatic nitrogens is 2.